The molecular formula is C27H40. The van der Waals surface area contributed by atoms with E-state index in [-0.39, 0.29) is 16.2 Å². The van der Waals surface area contributed by atoms with Crippen LogP contribution in [0.2, 0.25) is 0 Å². The lowest BCUT2D eigenvalue weighted by Crippen LogP contribution is -2.20. The molecule has 0 fully saturated rings. The Morgan fingerprint density at radius 1 is 0.667 bits per heavy atom. The van der Waals surface area contributed by atoms with E-state index < -0.39 is 0 Å². The molecule has 0 amide bonds. The van der Waals surface area contributed by atoms with E-state index in [0.717, 1.165) is 6.42 Å². The monoisotopic (exact) mass is 364 g/mol. The minimum Gasteiger partial charge on any atom is -0.0620 e. The van der Waals surface area contributed by atoms with E-state index in [1.807, 2.05) is 0 Å². The highest BCUT2D eigenvalue weighted by atomic mass is 14.3. The molecule has 0 aliphatic rings. The third-order valence-electron chi connectivity index (χ3n) is 5.61. The van der Waals surface area contributed by atoms with Gasteiger partial charge in [0.05, 0.1) is 0 Å². The Balaban J connectivity index is 2.47. The van der Waals surface area contributed by atoms with E-state index in [1.165, 1.54) is 27.8 Å². The number of benzene rings is 2. The first-order valence-corrected chi connectivity index (χ1v) is 10.4. The van der Waals surface area contributed by atoms with Gasteiger partial charge in [0.1, 0.15) is 0 Å². The molecular weight excluding hydrogens is 324 g/mol. The van der Waals surface area contributed by atoms with Crippen molar-refractivity contribution in [2.75, 3.05) is 0 Å². The quantitative estimate of drug-likeness (QED) is 0.518. The van der Waals surface area contributed by atoms with E-state index in [9.17, 15) is 0 Å². The van der Waals surface area contributed by atoms with Crippen LogP contribution in [0.3, 0.4) is 0 Å². The molecule has 0 saturated carbocycles. The largest absolute Gasteiger partial charge is 0.0620 e. The molecule has 2 rings (SSSR count). The van der Waals surface area contributed by atoms with Gasteiger partial charge in [0.15, 0.2) is 0 Å². The molecule has 0 bridgehead atoms. The van der Waals surface area contributed by atoms with Crippen molar-refractivity contribution >= 4 is 0 Å². The summed E-state index contributed by atoms with van der Waals surface area (Å²) in [4.78, 5) is 0. The number of hydrogen-bond donors (Lipinski definition) is 0. The molecule has 0 aliphatic heterocycles. The standard InChI is InChI=1S/C27H40/c1-19(17-20-13-11-12-14-23(20)26(5,6)7)22-16-15-21(25(2,3)4)18-24(22)27(8,9)10/h11-16,18-19H,17H2,1-10H3. The lowest BCUT2D eigenvalue weighted by Gasteiger charge is -2.30. The van der Waals surface area contributed by atoms with Gasteiger partial charge in [0.2, 0.25) is 0 Å². The lowest BCUT2D eigenvalue weighted by atomic mass is 9.74. The van der Waals surface area contributed by atoms with E-state index in [2.05, 4.69) is 112 Å². The highest BCUT2D eigenvalue weighted by Crippen LogP contribution is 2.37. The second-order valence-corrected chi connectivity index (χ2v) is 11.3. The molecule has 0 heterocycles. The minimum atomic E-state index is 0.147. The summed E-state index contributed by atoms with van der Waals surface area (Å²) in [5.41, 5.74) is 7.89. The van der Waals surface area contributed by atoms with Gasteiger partial charge < -0.3 is 0 Å². The molecule has 0 heteroatoms. The van der Waals surface area contributed by atoms with Gasteiger partial charge in [0, 0.05) is 0 Å². The molecule has 0 nitrogen and oxygen atoms in total. The zero-order valence-electron chi connectivity index (χ0n) is 19.3. The van der Waals surface area contributed by atoms with Crippen LogP contribution in [-0.4, -0.2) is 0 Å². The first-order chi connectivity index (χ1) is 12.2. The summed E-state index contributed by atoms with van der Waals surface area (Å²) in [7, 11) is 0. The van der Waals surface area contributed by atoms with Gasteiger partial charge in [-0.2, -0.15) is 0 Å². The zero-order chi connectivity index (χ0) is 20.6. The van der Waals surface area contributed by atoms with Crippen LogP contribution in [0.4, 0.5) is 0 Å². The minimum absolute atomic E-state index is 0.147. The van der Waals surface area contributed by atoms with E-state index in [0.29, 0.717) is 5.92 Å². The van der Waals surface area contributed by atoms with Gasteiger partial charge in [0.25, 0.3) is 0 Å². The summed E-state index contributed by atoms with van der Waals surface area (Å²) in [6.45, 7) is 23.3. The maximum absolute atomic E-state index is 2.46. The van der Waals surface area contributed by atoms with Crippen molar-refractivity contribution in [2.45, 2.75) is 97.8 Å². The Hall–Kier alpha value is -1.56. The molecule has 0 saturated heterocycles. The van der Waals surface area contributed by atoms with Crippen LogP contribution in [0, 0.1) is 0 Å². The molecule has 2 aromatic rings. The highest BCUT2D eigenvalue weighted by molar-refractivity contribution is 5.42. The summed E-state index contributed by atoms with van der Waals surface area (Å²) >= 11 is 0. The van der Waals surface area contributed by atoms with Crippen molar-refractivity contribution < 1.29 is 0 Å². The van der Waals surface area contributed by atoms with E-state index in [1.54, 1.807) is 0 Å². The van der Waals surface area contributed by atoms with Gasteiger partial charge in [-0.3, -0.25) is 0 Å². The Morgan fingerprint density at radius 3 is 1.74 bits per heavy atom. The van der Waals surface area contributed by atoms with Gasteiger partial charge >= 0.3 is 0 Å². The van der Waals surface area contributed by atoms with E-state index >= 15 is 0 Å². The van der Waals surface area contributed by atoms with Crippen molar-refractivity contribution in [1.82, 2.24) is 0 Å². The van der Waals surface area contributed by atoms with Crippen LogP contribution in [-0.2, 0) is 22.7 Å². The fraction of sp³-hybridized carbons (Fsp3) is 0.556. The first kappa shape index (κ1) is 21.7. The van der Waals surface area contributed by atoms with Gasteiger partial charge in [-0.05, 0) is 56.4 Å². The molecule has 2 aromatic carbocycles. The third-order valence-corrected chi connectivity index (χ3v) is 5.61. The topological polar surface area (TPSA) is 0 Å². The lowest BCUT2D eigenvalue weighted by molar-refractivity contribution is 0.552. The SMILES string of the molecule is CC(Cc1ccccc1C(C)(C)C)c1ccc(C(C)(C)C)cc1C(C)(C)C. The number of hydrogen-bond acceptors (Lipinski definition) is 0. The predicted octanol–water partition coefficient (Wildman–Crippen LogP) is 7.93. The molecule has 1 unspecified atom stereocenters. The molecule has 148 valence electrons. The Morgan fingerprint density at radius 2 is 1.22 bits per heavy atom. The van der Waals surface area contributed by atoms with Crippen molar-refractivity contribution in [3.8, 4) is 0 Å². The fourth-order valence-electron chi connectivity index (χ4n) is 3.97. The second kappa shape index (κ2) is 7.46. The van der Waals surface area contributed by atoms with Crippen molar-refractivity contribution in [3.63, 3.8) is 0 Å². The molecule has 0 aromatic heterocycles. The number of rotatable bonds is 3. The maximum atomic E-state index is 2.46. The van der Waals surface area contributed by atoms with E-state index in [4.69, 9.17) is 0 Å². The Kier molecular flexibility index (Phi) is 6.00. The van der Waals surface area contributed by atoms with Gasteiger partial charge in [-0.1, -0.05) is 112 Å². The van der Waals surface area contributed by atoms with Crippen LogP contribution in [0.1, 0.15) is 103 Å². The summed E-state index contributed by atoms with van der Waals surface area (Å²) in [6.07, 6.45) is 1.09. The average Bonchev–Trinajstić information content (AvgIpc) is 2.52. The Labute approximate surface area is 168 Å². The molecule has 0 spiro atoms. The summed E-state index contributed by atoms with van der Waals surface area (Å²) in [5.74, 6) is 0.497. The van der Waals surface area contributed by atoms with Gasteiger partial charge in [-0.15, -0.1) is 0 Å². The molecule has 27 heavy (non-hydrogen) atoms. The van der Waals surface area contributed by atoms with Crippen molar-refractivity contribution in [2.24, 2.45) is 0 Å². The summed E-state index contributed by atoms with van der Waals surface area (Å²) in [5, 5.41) is 0. The zero-order valence-corrected chi connectivity index (χ0v) is 19.3. The van der Waals surface area contributed by atoms with Gasteiger partial charge in [-0.25, -0.2) is 0 Å². The highest BCUT2D eigenvalue weighted by Gasteiger charge is 2.25. The van der Waals surface area contributed by atoms with Crippen LogP contribution < -0.4 is 0 Å². The van der Waals surface area contributed by atoms with Crippen LogP contribution in [0.5, 0.6) is 0 Å². The smallest absolute Gasteiger partial charge is 0.0129 e. The fourth-order valence-corrected chi connectivity index (χ4v) is 3.97. The third kappa shape index (κ3) is 5.24. The Bertz CT molecular complexity index is 773. The molecule has 0 N–H and O–H groups in total. The molecule has 0 aliphatic carbocycles. The predicted molar refractivity (Wildman–Crippen MR) is 121 cm³/mol. The van der Waals surface area contributed by atoms with Crippen LogP contribution in [0.15, 0.2) is 42.5 Å². The maximum Gasteiger partial charge on any atom is -0.0129 e. The normalized spacial score (nSPS) is 14.3. The van der Waals surface area contributed by atoms with Crippen LogP contribution >= 0.6 is 0 Å². The summed E-state index contributed by atoms with van der Waals surface area (Å²) in [6, 6.07) is 16.2. The summed E-state index contributed by atoms with van der Waals surface area (Å²) < 4.78 is 0. The first-order valence-electron chi connectivity index (χ1n) is 10.4. The molecule has 1 atom stereocenters. The molecule has 0 radical (unpaired) electrons. The average molecular weight is 365 g/mol. The second-order valence-electron chi connectivity index (χ2n) is 11.3. The van der Waals surface area contributed by atoms with Crippen molar-refractivity contribution in [3.05, 3.63) is 70.3 Å². The van der Waals surface area contributed by atoms with Crippen LogP contribution in [0.25, 0.3) is 0 Å². The van der Waals surface area contributed by atoms with Crippen molar-refractivity contribution in [1.29, 1.82) is 0 Å².